The quantitative estimate of drug-likeness (QED) is 0.462. The summed E-state index contributed by atoms with van der Waals surface area (Å²) in [5, 5.41) is 6.82. The highest BCUT2D eigenvalue weighted by atomic mass is 16.5. The molecule has 0 aromatic carbocycles. The summed E-state index contributed by atoms with van der Waals surface area (Å²) in [6, 6.07) is 0. The van der Waals surface area contributed by atoms with Crippen molar-refractivity contribution in [2.45, 2.75) is 40.2 Å². The van der Waals surface area contributed by atoms with Gasteiger partial charge in [-0.15, -0.1) is 0 Å². The second-order valence-electron chi connectivity index (χ2n) is 6.73. The third-order valence-electron chi connectivity index (χ3n) is 4.70. The van der Waals surface area contributed by atoms with Crippen LogP contribution in [0.5, 0.6) is 0 Å². The maximum Gasteiger partial charge on any atom is 0.191 e. The molecule has 0 aromatic heterocycles. The van der Waals surface area contributed by atoms with Gasteiger partial charge in [-0.3, -0.25) is 9.89 Å². The number of hydrogen-bond donors (Lipinski definition) is 2. The van der Waals surface area contributed by atoms with Crippen LogP contribution < -0.4 is 10.6 Å². The first-order valence-corrected chi connectivity index (χ1v) is 9.61. The van der Waals surface area contributed by atoms with Crippen molar-refractivity contribution in [2.24, 2.45) is 10.9 Å². The Morgan fingerprint density at radius 3 is 2.21 bits per heavy atom. The molecule has 0 amide bonds. The van der Waals surface area contributed by atoms with E-state index in [2.05, 4.69) is 53.1 Å². The molecule has 0 aromatic rings. The van der Waals surface area contributed by atoms with E-state index in [0.29, 0.717) is 12.0 Å². The topological polar surface area (TPSA) is 52.1 Å². The average molecular weight is 342 g/mol. The minimum Gasteiger partial charge on any atom is -0.378 e. The molecule has 0 aliphatic carbocycles. The van der Waals surface area contributed by atoms with Gasteiger partial charge in [0.15, 0.2) is 5.96 Å². The molecular weight excluding hydrogens is 302 g/mol. The summed E-state index contributed by atoms with van der Waals surface area (Å²) in [6.45, 7) is 18.3. The summed E-state index contributed by atoms with van der Waals surface area (Å²) in [5.41, 5.74) is 0. The Bertz CT molecular complexity index is 340. The predicted molar refractivity (Wildman–Crippen MR) is 103 cm³/mol. The van der Waals surface area contributed by atoms with E-state index >= 15 is 0 Å². The van der Waals surface area contributed by atoms with Gasteiger partial charge in [0.25, 0.3) is 0 Å². The van der Waals surface area contributed by atoms with Gasteiger partial charge in [-0.25, -0.2) is 0 Å². The molecule has 142 valence electrons. The molecular formula is C18H39N5O. The van der Waals surface area contributed by atoms with Crippen LogP contribution in [0.3, 0.4) is 0 Å². The van der Waals surface area contributed by atoms with Crippen LogP contribution in [0.25, 0.3) is 0 Å². The zero-order chi connectivity index (χ0) is 17.8. The number of guanidine groups is 1. The fourth-order valence-electron chi connectivity index (χ4n) is 3.04. The van der Waals surface area contributed by atoms with E-state index in [-0.39, 0.29) is 0 Å². The molecule has 6 nitrogen and oxygen atoms in total. The second kappa shape index (κ2) is 12.5. The third-order valence-corrected chi connectivity index (χ3v) is 4.70. The summed E-state index contributed by atoms with van der Waals surface area (Å²) in [7, 11) is 1.83. The molecule has 1 aliphatic rings. The van der Waals surface area contributed by atoms with Gasteiger partial charge in [-0.05, 0) is 25.8 Å². The minimum atomic E-state index is 0.315. The number of nitrogens with zero attached hydrogens (tertiary/aromatic N) is 3. The molecule has 1 saturated heterocycles. The lowest BCUT2D eigenvalue weighted by molar-refractivity contribution is 0.0258. The van der Waals surface area contributed by atoms with E-state index < -0.39 is 0 Å². The Hall–Kier alpha value is -0.850. The number of aliphatic imine (C=N–C) groups is 1. The number of piperazine rings is 1. The van der Waals surface area contributed by atoms with Gasteiger partial charge in [-0.2, -0.15) is 0 Å². The van der Waals surface area contributed by atoms with Crippen molar-refractivity contribution < 1.29 is 4.74 Å². The normalized spacial score (nSPS) is 18.8. The van der Waals surface area contributed by atoms with E-state index in [1.54, 1.807) is 0 Å². The Morgan fingerprint density at radius 1 is 1.04 bits per heavy atom. The van der Waals surface area contributed by atoms with Gasteiger partial charge < -0.3 is 20.3 Å². The number of likely N-dealkylation sites (N-methyl/N-ethyl adjacent to an activating group) is 1. The monoisotopic (exact) mass is 341 g/mol. The fraction of sp³-hybridized carbons (Fsp3) is 0.944. The first-order chi connectivity index (χ1) is 11.6. The van der Waals surface area contributed by atoms with E-state index in [1.807, 2.05) is 7.05 Å². The third kappa shape index (κ3) is 8.31. The van der Waals surface area contributed by atoms with Crippen LogP contribution in [0, 0.1) is 5.92 Å². The Labute approximate surface area is 149 Å². The van der Waals surface area contributed by atoms with Crippen LogP contribution in [-0.2, 0) is 4.74 Å². The van der Waals surface area contributed by atoms with Crippen LogP contribution in [0.2, 0.25) is 0 Å². The highest BCUT2D eigenvalue weighted by Crippen LogP contribution is 2.09. The van der Waals surface area contributed by atoms with Crippen LogP contribution in [0.15, 0.2) is 4.99 Å². The summed E-state index contributed by atoms with van der Waals surface area (Å²) >= 11 is 0. The summed E-state index contributed by atoms with van der Waals surface area (Å²) in [4.78, 5) is 9.34. The lowest BCUT2D eigenvalue weighted by Crippen LogP contribution is -2.49. The van der Waals surface area contributed by atoms with E-state index in [9.17, 15) is 0 Å². The SMILES string of the molecule is CCOC(CCNC(=NC)NCCN1CCN(CC)CC1)C(C)C. The minimum absolute atomic E-state index is 0.315. The molecule has 24 heavy (non-hydrogen) atoms. The second-order valence-corrected chi connectivity index (χ2v) is 6.73. The Balaban J connectivity index is 2.16. The summed E-state index contributed by atoms with van der Waals surface area (Å²) in [5.74, 6) is 1.43. The van der Waals surface area contributed by atoms with E-state index in [1.165, 1.54) is 32.7 Å². The summed E-state index contributed by atoms with van der Waals surface area (Å²) < 4.78 is 5.79. The molecule has 1 unspecified atom stereocenters. The molecule has 1 aliphatic heterocycles. The van der Waals surface area contributed by atoms with E-state index in [0.717, 1.165) is 38.6 Å². The summed E-state index contributed by atoms with van der Waals surface area (Å²) in [6.07, 6.45) is 1.32. The van der Waals surface area contributed by atoms with Crippen LogP contribution in [0.4, 0.5) is 0 Å². The average Bonchev–Trinajstić information content (AvgIpc) is 2.59. The molecule has 1 heterocycles. The molecule has 0 spiro atoms. The van der Waals surface area contributed by atoms with Crippen molar-refractivity contribution >= 4 is 5.96 Å². The molecule has 0 saturated carbocycles. The Kier molecular flexibility index (Phi) is 11.0. The lowest BCUT2D eigenvalue weighted by Gasteiger charge is -2.34. The lowest BCUT2D eigenvalue weighted by atomic mass is 10.0. The zero-order valence-corrected chi connectivity index (χ0v) is 16.5. The van der Waals surface area contributed by atoms with Crippen LogP contribution in [-0.4, -0.2) is 87.9 Å². The van der Waals surface area contributed by atoms with Crippen LogP contribution in [0.1, 0.15) is 34.1 Å². The van der Waals surface area contributed by atoms with Gasteiger partial charge in [0.2, 0.25) is 0 Å². The first-order valence-electron chi connectivity index (χ1n) is 9.61. The van der Waals surface area contributed by atoms with Crippen molar-refractivity contribution in [1.29, 1.82) is 0 Å². The highest BCUT2D eigenvalue weighted by Gasteiger charge is 2.15. The van der Waals surface area contributed by atoms with Gasteiger partial charge in [0.1, 0.15) is 0 Å². The van der Waals surface area contributed by atoms with Gasteiger partial charge in [-0.1, -0.05) is 20.8 Å². The highest BCUT2D eigenvalue weighted by molar-refractivity contribution is 5.79. The molecule has 1 fully saturated rings. The maximum atomic E-state index is 5.79. The molecule has 0 radical (unpaired) electrons. The first kappa shape index (κ1) is 21.2. The van der Waals surface area contributed by atoms with Crippen molar-refractivity contribution in [3.8, 4) is 0 Å². The number of nitrogens with one attached hydrogen (secondary N) is 2. The van der Waals surface area contributed by atoms with Gasteiger partial charge >= 0.3 is 0 Å². The maximum absolute atomic E-state index is 5.79. The molecule has 6 heteroatoms. The van der Waals surface area contributed by atoms with Crippen molar-refractivity contribution in [2.75, 3.05) is 66.0 Å². The number of rotatable bonds is 10. The fourth-order valence-corrected chi connectivity index (χ4v) is 3.04. The molecule has 1 rings (SSSR count). The molecule has 2 N–H and O–H groups in total. The number of hydrogen-bond acceptors (Lipinski definition) is 4. The predicted octanol–water partition coefficient (Wildman–Crippen LogP) is 1.24. The molecule has 1 atom stereocenters. The smallest absolute Gasteiger partial charge is 0.191 e. The van der Waals surface area contributed by atoms with Crippen molar-refractivity contribution in [3.63, 3.8) is 0 Å². The standard InChI is InChI=1S/C18H39N5O/c1-6-22-12-14-23(15-13-22)11-10-21-18(19-5)20-9-8-17(16(3)4)24-7-2/h16-17H,6-15H2,1-5H3,(H2,19,20,21). The zero-order valence-electron chi connectivity index (χ0n) is 16.5. The Morgan fingerprint density at radius 2 is 1.67 bits per heavy atom. The van der Waals surface area contributed by atoms with Gasteiger partial charge in [0.05, 0.1) is 6.10 Å². The van der Waals surface area contributed by atoms with Crippen molar-refractivity contribution in [3.05, 3.63) is 0 Å². The van der Waals surface area contributed by atoms with E-state index in [4.69, 9.17) is 4.74 Å². The molecule has 0 bridgehead atoms. The van der Waals surface area contributed by atoms with Gasteiger partial charge in [0, 0.05) is 59.5 Å². The largest absolute Gasteiger partial charge is 0.378 e. The number of ether oxygens (including phenoxy) is 1. The van der Waals surface area contributed by atoms with Crippen LogP contribution >= 0.6 is 0 Å². The van der Waals surface area contributed by atoms with Crippen molar-refractivity contribution in [1.82, 2.24) is 20.4 Å².